The van der Waals surface area contributed by atoms with Crippen molar-refractivity contribution >= 4 is 17.6 Å². The number of nitrogens with one attached hydrogen (secondary N) is 2. The summed E-state index contributed by atoms with van der Waals surface area (Å²) in [6.07, 6.45) is 1.46. The summed E-state index contributed by atoms with van der Waals surface area (Å²) in [5, 5.41) is 8.21. The number of nitrogens with zero attached hydrogens (tertiary/aromatic N) is 1. The quantitative estimate of drug-likeness (QED) is 0.334. The average molecular weight is 274 g/mol. The lowest BCUT2D eigenvalue weighted by atomic mass is 10.0. The van der Waals surface area contributed by atoms with Crippen LogP contribution in [-0.2, 0) is 0 Å². The first-order valence-electron chi connectivity index (χ1n) is 5.74. The maximum absolute atomic E-state index is 11.2. The van der Waals surface area contributed by atoms with E-state index in [0.29, 0.717) is 10.9 Å². The minimum Gasteiger partial charge on any atom is -0.387 e. The van der Waals surface area contributed by atoms with Crippen LogP contribution in [0, 0.1) is 5.41 Å². The van der Waals surface area contributed by atoms with E-state index < -0.39 is 0 Å². The van der Waals surface area contributed by atoms with Crippen LogP contribution < -0.4 is 11.3 Å². The van der Waals surface area contributed by atoms with Gasteiger partial charge < -0.3 is 10.7 Å². The van der Waals surface area contributed by atoms with Crippen molar-refractivity contribution in [3.8, 4) is 0 Å². The second-order valence-corrected chi connectivity index (χ2v) is 4.98. The smallest absolute Gasteiger partial charge is 0.251 e. The summed E-state index contributed by atoms with van der Waals surface area (Å²) in [7, 11) is 0. The predicted octanol–water partition coefficient (Wildman–Crippen LogP) is 1.58. The van der Waals surface area contributed by atoms with E-state index >= 15 is 0 Å². The lowest BCUT2D eigenvalue weighted by molar-refractivity contribution is 0.927. The van der Waals surface area contributed by atoms with E-state index in [2.05, 4.69) is 9.97 Å². The number of rotatable bonds is 5. The van der Waals surface area contributed by atoms with Crippen molar-refractivity contribution in [3.05, 3.63) is 58.5 Å². The fraction of sp³-hybridized carbons (Fsp3) is 0.154. The van der Waals surface area contributed by atoms with Gasteiger partial charge in [-0.1, -0.05) is 42.1 Å². The van der Waals surface area contributed by atoms with Crippen LogP contribution in [0.2, 0.25) is 0 Å². The minimum absolute atomic E-state index is 0.108. The van der Waals surface area contributed by atoms with Gasteiger partial charge >= 0.3 is 0 Å². The summed E-state index contributed by atoms with van der Waals surface area (Å²) >= 11 is 1.38. The third-order valence-electron chi connectivity index (χ3n) is 2.61. The van der Waals surface area contributed by atoms with Gasteiger partial charge in [0.1, 0.15) is 0 Å². The third kappa shape index (κ3) is 3.69. The lowest BCUT2D eigenvalue weighted by Gasteiger charge is -2.14. The average Bonchev–Trinajstić information content (AvgIpc) is 2.40. The molecule has 2 rings (SSSR count). The van der Waals surface area contributed by atoms with Gasteiger partial charge in [-0.2, -0.15) is 0 Å². The third-order valence-corrected chi connectivity index (χ3v) is 3.59. The minimum atomic E-state index is -0.184. The first kappa shape index (κ1) is 13.4. The molecule has 0 aliphatic carbocycles. The Kier molecular flexibility index (Phi) is 4.35. The van der Waals surface area contributed by atoms with Crippen molar-refractivity contribution < 1.29 is 0 Å². The predicted molar refractivity (Wildman–Crippen MR) is 76.7 cm³/mol. The van der Waals surface area contributed by atoms with E-state index in [9.17, 15) is 4.79 Å². The SMILES string of the molecule is N=C(N)C(CSc1nccc(=O)[nH]1)c1ccccc1. The molecule has 0 saturated carbocycles. The Bertz CT molecular complexity index is 611. The van der Waals surface area contributed by atoms with Crippen LogP contribution in [0.15, 0.2) is 52.5 Å². The number of hydrogen-bond acceptors (Lipinski definition) is 4. The highest BCUT2D eigenvalue weighted by molar-refractivity contribution is 7.99. The van der Waals surface area contributed by atoms with E-state index in [1.807, 2.05) is 30.3 Å². The van der Waals surface area contributed by atoms with E-state index in [0.717, 1.165) is 5.56 Å². The number of nitrogens with two attached hydrogens (primary N) is 1. The maximum Gasteiger partial charge on any atom is 0.251 e. The molecule has 0 spiro atoms. The Balaban J connectivity index is 2.10. The van der Waals surface area contributed by atoms with Gasteiger partial charge in [-0.25, -0.2) is 4.98 Å². The number of thioether (sulfide) groups is 1. The molecule has 1 heterocycles. The van der Waals surface area contributed by atoms with Crippen LogP contribution in [0.1, 0.15) is 11.5 Å². The van der Waals surface area contributed by atoms with E-state index in [1.54, 1.807) is 0 Å². The number of aromatic amines is 1. The molecule has 98 valence electrons. The summed E-state index contributed by atoms with van der Waals surface area (Å²) in [6, 6.07) is 11.0. The van der Waals surface area contributed by atoms with Crippen LogP contribution in [0.3, 0.4) is 0 Å². The molecule has 0 radical (unpaired) electrons. The summed E-state index contributed by atoms with van der Waals surface area (Å²) in [6.45, 7) is 0. The molecular formula is C13H14N4OS. The Morgan fingerprint density at radius 2 is 2.11 bits per heavy atom. The molecular weight excluding hydrogens is 260 g/mol. The van der Waals surface area contributed by atoms with Crippen molar-refractivity contribution in [1.29, 1.82) is 5.41 Å². The van der Waals surface area contributed by atoms with Gasteiger partial charge in [-0.3, -0.25) is 10.2 Å². The molecule has 1 unspecified atom stereocenters. The van der Waals surface area contributed by atoms with Crippen molar-refractivity contribution in [3.63, 3.8) is 0 Å². The van der Waals surface area contributed by atoms with Crippen LogP contribution in [0.5, 0.6) is 0 Å². The molecule has 1 atom stereocenters. The molecule has 0 amide bonds. The summed E-state index contributed by atoms with van der Waals surface area (Å²) in [5.74, 6) is 0.487. The number of amidine groups is 1. The van der Waals surface area contributed by atoms with Crippen molar-refractivity contribution in [2.24, 2.45) is 5.73 Å². The standard InChI is InChI=1S/C13H14N4OS/c14-12(15)10(9-4-2-1-3-5-9)8-19-13-16-7-6-11(18)17-13/h1-7,10H,8H2,(H3,14,15)(H,16,17,18). The Morgan fingerprint density at radius 1 is 1.37 bits per heavy atom. The summed E-state index contributed by atoms with van der Waals surface area (Å²) < 4.78 is 0. The molecule has 5 nitrogen and oxygen atoms in total. The van der Waals surface area contributed by atoms with Gasteiger partial charge in [0, 0.05) is 18.0 Å². The van der Waals surface area contributed by atoms with Gasteiger partial charge in [0.15, 0.2) is 5.16 Å². The molecule has 1 aromatic carbocycles. The van der Waals surface area contributed by atoms with E-state index in [1.165, 1.54) is 24.0 Å². The molecule has 0 fully saturated rings. The Labute approximate surface area is 114 Å². The van der Waals surface area contributed by atoms with Crippen LogP contribution in [-0.4, -0.2) is 21.6 Å². The van der Waals surface area contributed by atoms with Crippen molar-refractivity contribution in [2.45, 2.75) is 11.1 Å². The molecule has 0 aliphatic heterocycles. The van der Waals surface area contributed by atoms with Gasteiger partial charge in [-0.05, 0) is 5.56 Å². The zero-order chi connectivity index (χ0) is 13.7. The molecule has 2 aromatic rings. The largest absolute Gasteiger partial charge is 0.387 e. The molecule has 4 N–H and O–H groups in total. The zero-order valence-electron chi connectivity index (χ0n) is 10.2. The highest BCUT2D eigenvalue weighted by atomic mass is 32.2. The van der Waals surface area contributed by atoms with Gasteiger partial charge in [0.25, 0.3) is 5.56 Å². The normalized spacial score (nSPS) is 12.0. The zero-order valence-corrected chi connectivity index (χ0v) is 11.0. The van der Waals surface area contributed by atoms with Crippen LogP contribution in [0.4, 0.5) is 0 Å². The van der Waals surface area contributed by atoms with E-state index in [4.69, 9.17) is 11.1 Å². The van der Waals surface area contributed by atoms with Crippen molar-refractivity contribution in [2.75, 3.05) is 5.75 Å². The molecule has 0 aliphatic rings. The molecule has 6 heteroatoms. The lowest BCUT2D eigenvalue weighted by Crippen LogP contribution is -2.22. The molecule has 19 heavy (non-hydrogen) atoms. The summed E-state index contributed by atoms with van der Waals surface area (Å²) in [5.41, 5.74) is 6.44. The first-order chi connectivity index (χ1) is 9.16. The topological polar surface area (TPSA) is 95.6 Å². The Morgan fingerprint density at radius 3 is 2.74 bits per heavy atom. The molecule has 0 bridgehead atoms. The second kappa shape index (κ2) is 6.19. The highest BCUT2D eigenvalue weighted by Crippen LogP contribution is 2.23. The molecule has 1 aromatic heterocycles. The van der Waals surface area contributed by atoms with Gasteiger partial charge in [-0.15, -0.1) is 0 Å². The number of aromatic nitrogens is 2. The highest BCUT2D eigenvalue weighted by Gasteiger charge is 2.15. The molecule has 0 saturated heterocycles. The second-order valence-electron chi connectivity index (χ2n) is 3.97. The van der Waals surface area contributed by atoms with Crippen molar-refractivity contribution in [1.82, 2.24) is 9.97 Å². The number of hydrogen-bond donors (Lipinski definition) is 3. The fourth-order valence-corrected chi connectivity index (χ4v) is 2.64. The monoisotopic (exact) mass is 274 g/mol. The van der Waals surface area contributed by atoms with Gasteiger partial charge in [0.2, 0.25) is 0 Å². The first-order valence-corrected chi connectivity index (χ1v) is 6.72. The van der Waals surface area contributed by atoms with E-state index in [-0.39, 0.29) is 17.3 Å². The Hall–Kier alpha value is -2.08. The van der Waals surface area contributed by atoms with Gasteiger partial charge in [0.05, 0.1) is 11.8 Å². The van der Waals surface area contributed by atoms with Crippen LogP contribution in [0.25, 0.3) is 0 Å². The number of H-pyrrole nitrogens is 1. The van der Waals surface area contributed by atoms with Crippen LogP contribution >= 0.6 is 11.8 Å². The number of benzene rings is 1. The summed E-state index contributed by atoms with van der Waals surface area (Å²) in [4.78, 5) is 17.9. The fourth-order valence-electron chi connectivity index (χ4n) is 1.64. The maximum atomic E-state index is 11.2.